The molecule has 3 N–H and O–H groups in total. The summed E-state index contributed by atoms with van der Waals surface area (Å²) in [6.07, 6.45) is 2.45. The molecule has 1 aliphatic rings. The largest absolute Gasteiger partial charge is 0.508 e. The fourth-order valence-corrected chi connectivity index (χ4v) is 3.09. The first-order valence-corrected chi connectivity index (χ1v) is 9.61. The van der Waals surface area contributed by atoms with Gasteiger partial charge in [-0.3, -0.25) is 14.5 Å². The molecule has 0 heterocycles. The zero-order valence-electron chi connectivity index (χ0n) is 16.4. The highest BCUT2D eigenvalue weighted by atomic mass is 16.3. The molecular formula is C22H27N3O3. The first-order valence-electron chi connectivity index (χ1n) is 9.61. The number of phenolic OH excluding ortho intramolecular Hbond substituents is 1. The zero-order chi connectivity index (χ0) is 20.1. The summed E-state index contributed by atoms with van der Waals surface area (Å²) in [5.41, 5.74) is 3.62. The molecule has 2 aromatic rings. The number of amides is 2. The molecule has 1 fully saturated rings. The van der Waals surface area contributed by atoms with Gasteiger partial charge in [-0.15, -0.1) is 0 Å². The van der Waals surface area contributed by atoms with Gasteiger partial charge >= 0.3 is 0 Å². The number of hydrogen-bond donors (Lipinski definition) is 3. The van der Waals surface area contributed by atoms with Crippen molar-refractivity contribution in [3.8, 4) is 5.75 Å². The molecule has 2 aromatic carbocycles. The van der Waals surface area contributed by atoms with Gasteiger partial charge in [0.1, 0.15) is 5.75 Å². The number of hydrogen-bond acceptors (Lipinski definition) is 4. The number of nitrogens with one attached hydrogen (secondary N) is 2. The Kier molecular flexibility index (Phi) is 6.31. The van der Waals surface area contributed by atoms with Crippen LogP contribution < -0.4 is 10.6 Å². The van der Waals surface area contributed by atoms with Gasteiger partial charge in [0, 0.05) is 30.4 Å². The number of benzene rings is 2. The summed E-state index contributed by atoms with van der Waals surface area (Å²) in [7, 11) is 0. The molecule has 0 radical (unpaired) electrons. The molecule has 148 valence electrons. The predicted octanol–water partition coefficient (Wildman–Crippen LogP) is 3.44. The number of aromatic hydroxyl groups is 1. The third-order valence-corrected chi connectivity index (χ3v) is 4.85. The molecule has 6 heteroatoms. The number of anilines is 2. The molecule has 0 atom stereocenters. The Balaban J connectivity index is 1.50. The van der Waals surface area contributed by atoms with Crippen LogP contribution in [0.1, 0.15) is 30.4 Å². The van der Waals surface area contributed by atoms with Gasteiger partial charge in [-0.1, -0.05) is 12.1 Å². The van der Waals surface area contributed by atoms with E-state index in [0.29, 0.717) is 24.7 Å². The van der Waals surface area contributed by atoms with Crippen LogP contribution in [0.5, 0.6) is 5.75 Å². The van der Waals surface area contributed by atoms with E-state index in [4.69, 9.17) is 0 Å². The van der Waals surface area contributed by atoms with Gasteiger partial charge in [0.05, 0.1) is 6.54 Å². The van der Waals surface area contributed by atoms with Crippen molar-refractivity contribution in [1.29, 1.82) is 0 Å². The van der Waals surface area contributed by atoms with Gasteiger partial charge in [0.25, 0.3) is 0 Å². The number of carbonyl (C=O) groups is 2. The Morgan fingerprint density at radius 2 is 1.75 bits per heavy atom. The number of aryl methyl sites for hydroxylation is 2. The lowest BCUT2D eigenvalue weighted by atomic mass is 10.1. The fourth-order valence-electron chi connectivity index (χ4n) is 3.09. The summed E-state index contributed by atoms with van der Waals surface area (Å²) in [5, 5.41) is 15.1. The molecule has 3 rings (SSSR count). The standard InChI is InChI=1S/C22H27N3O3/c1-15-3-4-16(2)20(13-15)24-22(28)14-25(18-7-8-18)12-11-21(27)23-17-5-9-19(26)10-6-17/h3-6,9-10,13,18,26H,7-8,11-12,14H2,1-2H3,(H,23,27)(H,24,28). The van der Waals surface area contributed by atoms with E-state index in [2.05, 4.69) is 15.5 Å². The predicted molar refractivity (Wildman–Crippen MR) is 110 cm³/mol. The fraction of sp³-hybridized carbons (Fsp3) is 0.364. The molecule has 1 saturated carbocycles. The van der Waals surface area contributed by atoms with E-state index >= 15 is 0 Å². The molecule has 0 unspecified atom stereocenters. The van der Waals surface area contributed by atoms with Crippen LogP contribution in [0.3, 0.4) is 0 Å². The van der Waals surface area contributed by atoms with E-state index in [1.165, 1.54) is 12.1 Å². The van der Waals surface area contributed by atoms with Crippen LogP contribution in [0.4, 0.5) is 11.4 Å². The van der Waals surface area contributed by atoms with Gasteiger partial charge in [0.2, 0.25) is 11.8 Å². The molecule has 0 aromatic heterocycles. The second kappa shape index (κ2) is 8.89. The van der Waals surface area contributed by atoms with Crippen molar-refractivity contribution in [2.24, 2.45) is 0 Å². The Morgan fingerprint density at radius 1 is 1.04 bits per heavy atom. The van der Waals surface area contributed by atoms with Crippen LogP contribution >= 0.6 is 0 Å². The summed E-state index contributed by atoms with van der Waals surface area (Å²) in [6.45, 7) is 4.79. The maximum atomic E-state index is 12.5. The molecule has 2 amide bonds. The number of phenols is 1. The first-order chi connectivity index (χ1) is 13.4. The van der Waals surface area contributed by atoms with E-state index in [-0.39, 0.29) is 24.1 Å². The van der Waals surface area contributed by atoms with E-state index in [1.807, 2.05) is 32.0 Å². The zero-order valence-corrected chi connectivity index (χ0v) is 16.4. The minimum atomic E-state index is -0.105. The third-order valence-electron chi connectivity index (χ3n) is 4.85. The molecule has 0 saturated heterocycles. The average Bonchev–Trinajstić information content (AvgIpc) is 3.49. The van der Waals surface area contributed by atoms with Crippen molar-refractivity contribution in [2.75, 3.05) is 23.7 Å². The van der Waals surface area contributed by atoms with E-state index in [0.717, 1.165) is 29.7 Å². The average molecular weight is 381 g/mol. The first kappa shape index (κ1) is 19.9. The van der Waals surface area contributed by atoms with Crippen molar-refractivity contribution in [3.05, 3.63) is 53.6 Å². The molecule has 1 aliphatic carbocycles. The molecule has 0 aliphatic heterocycles. The van der Waals surface area contributed by atoms with Crippen LogP contribution in [-0.4, -0.2) is 41.0 Å². The topological polar surface area (TPSA) is 81.7 Å². The van der Waals surface area contributed by atoms with Crippen LogP contribution in [0.2, 0.25) is 0 Å². The summed E-state index contributed by atoms with van der Waals surface area (Å²) in [4.78, 5) is 26.8. The molecule has 28 heavy (non-hydrogen) atoms. The number of rotatable bonds is 8. The summed E-state index contributed by atoms with van der Waals surface area (Å²) < 4.78 is 0. The van der Waals surface area contributed by atoms with Crippen molar-refractivity contribution in [1.82, 2.24) is 4.90 Å². The maximum absolute atomic E-state index is 12.5. The van der Waals surface area contributed by atoms with E-state index in [9.17, 15) is 14.7 Å². The summed E-state index contributed by atoms with van der Waals surface area (Å²) in [6, 6.07) is 12.7. The van der Waals surface area contributed by atoms with E-state index < -0.39 is 0 Å². The van der Waals surface area contributed by atoms with Crippen molar-refractivity contribution < 1.29 is 14.7 Å². The van der Waals surface area contributed by atoms with Crippen molar-refractivity contribution in [3.63, 3.8) is 0 Å². The minimum Gasteiger partial charge on any atom is -0.508 e. The highest BCUT2D eigenvalue weighted by molar-refractivity contribution is 5.93. The van der Waals surface area contributed by atoms with Crippen LogP contribution in [-0.2, 0) is 9.59 Å². The SMILES string of the molecule is Cc1ccc(C)c(NC(=O)CN(CCC(=O)Nc2ccc(O)cc2)C2CC2)c1. The lowest BCUT2D eigenvalue weighted by molar-refractivity contribution is -0.119. The Morgan fingerprint density at radius 3 is 2.43 bits per heavy atom. The molecule has 6 nitrogen and oxygen atoms in total. The second-order valence-corrected chi connectivity index (χ2v) is 7.41. The molecular weight excluding hydrogens is 354 g/mol. The van der Waals surface area contributed by atoms with Crippen LogP contribution in [0.15, 0.2) is 42.5 Å². The maximum Gasteiger partial charge on any atom is 0.238 e. The summed E-state index contributed by atoms with van der Waals surface area (Å²) >= 11 is 0. The Labute approximate surface area is 165 Å². The Hall–Kier alpha value is -2.86. The highest BCUT2D eigenvalue weighted by Crippen LogP contribution is 2.27. The third kappa shape index (κ3) is 5.82. The van der Waals surface area contributed by atoms with Crippen LogP contribution in [0.25, 0.3) is 0 Å². The lowest BCUT2D eigenvalue weighted by Crippen LogP contribution is -2.37. The second-order valence-electron chi connectivity index (χ2n) is 7.41. The van der Waals surface area contributed by atoms with Crippen molar-refractivity contribution >= 4 is 23.2 Å². The molecule has 0 spiro atoms. The Bertz CT molecular complexity index is 845. The van der Waals surface area contributed by atoms with Gasteiger partial charge in [-0.05, 0) is 68.1 Å². The van der Waals surface area contributed by atoms with Gasteiger partial charge in [0.15, 0.2) is 0 Å². The van der Waals surface area contributed by atoms with Gasteiger partial charge in [-0.25, -0.2) is 0 Å². The normalized spacial score (nSPS) is 13.4. The lowest BCUT2D eigenvalue weighted by Gasteiger charge is -2.21. The monoisotopic (exact) mass is 381 g/mol. The number of carbonyl (C=O) groups excluding carboxylic acids is 2. The van der Waals surface area contributed by atoms with Crippen LogP contribution in [0, 0.1) is 13.8 Å². The van der Waals surface area contributed by atoms with Gasteiger partial charge < -0.3 is 15.7 Å². The van der Waals surface area contributed by atoms with Gasteiger partial charge in [-0.2, -0.15) is 0 Å². The summed E-state index contributed by atoms with van der Waals surface area (Å²) in [5.74, 6) is -0.00131. The van der Waals surface area contributed by atoms with E-state index in [1.54, 1.807) is 12.1 Å². The number of nitrogens with zero attached hydrogens (tertiary/aromatic N) is 1. The minimum absolute atomic E-state index is 0.0560. The quantitative estimate of drug-likeness (QED) is 0.612. The molecule has 0 bridgehead atoms. The van der Waals surface area contributed by atoms with Crippen molar-refractivity contribution in [2.45, 2.75) is 39.2 Å². The highest BCUT2D eigenvalue weighted by Gasteiger charge is 2.30. The smallest absolute Gasteiger partial charge is 0.238 e.